The van der Waals surface area contributed by atoms with Gasteiger partial charge in [0.2, 0.25) is 10.0 Å². The van der Waals surface area contributed by atoms with E-state index in [-0.39, 0.29) is 54.0 Å². The Labute approximate surface area is 180 Å². The Morgan fingerprint density at radius 3 is 2.23 bits per heavy atom. The van der Waals surface area contributed by atoms with Crippen LogP contribution in [0.1, 0.15) is 21.5 Å². The largest absolute Gasteiger partial charge is 0.493 e. The number of methoxy groups -OCH3 is 1. The number of alkyl halides is 2. The lowest BCUT2D eigenvalue weighted by Gasteiger charge is -2.34. The maximum absolute atomic E-state index is 12.9. The summed E-state index contributed by atoms with van der Waals surface area (Å²) in [5.74, 6) is -0.495. The van der Waals surface area contributed by atoms with E-state index >= 15 is 0 Å². The predicted octanol–water partition coefficient (Wildman–Crippen LogP) is 3.06. The first kappa shape index (κ1) is 23.0. The third-order valence-corrected chi connectivity index (χ3v) is 7.16. The number of carbonyl (C=O) groups excluding carboxylic acids is 1. The molecular formula is C21H24F2N2O5S. The number of aryl methyl sites for hydroxylation is 2. The quantitative estimate of drug-likeness (QED) is 0.671. The van der Waals surface area contributed by atoms with Gasteiger partial charge in [-0.2, -0.15) is 13.1 Å². The van der Waals surface area contributed by atoms with Crippen molar-refractivity contribution in [1.29, 1.82) is 0 Å². The fourth-order valence-corrected chi connectivity index (χ4v) is 4.84. The fraction of sp³-hybridized carbons (Fsp3) is 0.381. The average Bonchev–Trinajstić information content (AvgIpc) is 2.75. The normalized spacial score (nSPS) is 15.2. The molecule has 1 fully saturated rings. The second kappa shape index (κ2) is 9.19. The monoisotopic (exact) mass is 454 g/mol. The molecule has 1 heterocycles. The van der Waals surface area contributed by atoms with Gasteiger partial charge in [-0.05, 0) is 55.3 Å². The minimum absolute atomic E-state index is 0.0158. The van der Waals surface area contributed by atoms with E-state index < -0.39 is 16.6 Å². The molecule has 1 aliphatic heterocycles. The smallest absolute Gasteiger partial charge is 0.387 e. The van der Waals surface area contributed by atoms with Crippen molar-refractivity contribution in [2.45, 2.75) is 25.4 Å². The Bertz CT molecular complexity index is 1070. The lowest BCUT2D eigenvalue weighted by Crippen LogP contribution is -2.50. The average molecular weight is 454 g/mol. The lowest BCUT2D eigenvalue weighted by molar-refractivity contribution is -0.0512. The molecule has 7 nitrogen and oxygen atoms in total. The Balaban J connectivity index is 1.70. The Kier molecular flexibility index (Phi) is 6.80. The molecule has 3 rings (SSSR count). The number of benzene rings is 2. The van der Waals surface area contributed by atoms with Gasteiger partial charge in [-0.3, -0.25) is 4.79 Å². The molecule has 0 N–H and O–H groups in total. The van der Waals surface area contributed by atoms with E-state index in [0.29, 0.717) is 0 Å². The number of ether oxygens (including phenoxy) is 2. The van der Waals surface area contributed by atoms with Crippen molar-refractivity contribution < 1.29 is 31.5 Å². The molecule has 0 aromatic heterocycles. The number of sulfonamides is 1. The first-order valence-corrected chi connectivity index (χ1v) is 11.1. The van der Waals surface area contributed by atoms with Crippen LogP contribution in [0.4, 0.5) is 8.78 Å². The van der Waals surface area contributed by atoms with Gasteiger partial charge >= 0.3 is 6.61 Å². The van der Waals surface area contributed by atoms with Gasteiger partial charge in [0, 0.05) is 31.7 Å². The van der Waals surface area contributed by atoms with Crippen LogP contribution >= 0.6 is 0 Å². The fourth-order valence-electron chi connectivity index (χ4n) is 3.33. The Morgan fingerprint density at radius 1 is 0.968 bits per heavy atom. The number of halogens is 2. The summed E-state index contributed by atoms with van der Waals surface area (Å²) in [6.45, 7) is 1.49. The molecule has 0 unspecified atom stereocenters. The highest BCUT2D eigenvalue weighted by Gasteiger charge is 2.31. The van der Waals surface area contributed by atoms with E-state index in [1.807, 2.05) is 13.8 Å². The molecule has 0 aliphatic carbocycles. The molecule has 1 aliphatic rings. The standard InChI is InChI=1S/C21H24F2N2O5S/c1-14-4-6-17(12-15(14)2)31(27,28)25-10-8-24(9-11-25)20(26)16-5-7-18(30-21(22)23)19(13-16)29-3/h4-7,12-13,21H,8-11H2,1-3H3. The first-order valence-electron chi connectivity index (χ1n) is 9.63. The van der Waals surface area contributed by atoms with Gasteiger partial charge < -0.3 is 14.4 Å². The SMILES string of the molecule is COc1cc(C(=O)N2CCN(S(=O)(=O)c3ccc(C)c(C)c3)CC2)ccc1OC(F)F. The van der Waals surface area contributed by atoms with E-state index in [9.17, 15) is 22.0 Å². The number of rotatable bonds is 6. The van der Waals surface area contributed by atoms with E-state index in [0.717, 1.165) is 11.1 Å². The molecule has 0 spiro atoms. The molecule has 0 bridgehead atoms. The van der Waals surface area contributed by atoms with E-state index in [1.54, 1.807) is 18.2 Å². The summed E-state index contributed by atoms with van der Waals surface area (Å²) in [5, 5.41) is 0. The highest BCUT2D eigenvalue weighted by atomic mass is 32.2. The molecule has 0 saturated carbocycles. The third-order valence-electron chi connectivity index (χ3n) is 5.27. The summed E-state index contributed by atoms with van der Waals surface area (Å²) in [6, 6.07) is 8.97. The van der Waals surface area contributed by atoms with Crippen molar-refractivity contribution in [2.75, 3.05) is 33.3 Å². The van der Waals surface area contributed by atoms with Gasteiger partial charge in [-0.25, -0.2) is 8.42 Å². The zero-order valence-electron chi connectivity index (χ0n) is 17.5. The number of amides is 1. The molecule has 168 valence electrons. The first-order chi connectivity index (χ1) is 14.6. The number of hydrogen-bond acceptors (Lipinski definition) is 5. The van der Waals surface area contributed by atoms with Crippen LogP contribution in [0.25, 0.3) is 0 Å². The van der Waals surface area contributed by atoms with Crippen LogP contribution in [-0.2, 0) is 10.0 Å². The van der Waals surface area contributed by atoms with Crippen LogP contribution in [0.3, 0.4) is 0 Å². The van der Waals surface area contributed by atoms with Crippen LogP contribution < -0.4 is 9.47 Å². The second-order valence-electron chi connectivity index (χ2n) is 7.19. The van der Waals surface area contributed by atoms with Crippen LogP contribution in [0.2, 0.25) is 0 Å². The molecular weight excluding hydrogens is 430 g/mol. The number of nitrogens with zero attached hydrogens (tertiary/aromatic N) is 2. The van der Waals surface area contributed by atoms with E-state index in [1.165, 1.54) is 34.5 Å². The summed E-state index contributed by atoms with van der Waals surface area (Å²) in [4.78, 5) is 14.6. The molecule has 0 radical (unpaired) electrons. The van der Waals surface area contributed by atoms with Gasteiger partial charge in [0.25, 0.3) is 5.91 Å². The van der Waals surface area contributed by atoms with Crippen LogP contribution in [0.5, 0.6) is 11.5 Å². The zero-order valence-corrected chi connectivity index (χ0v) is 18.3. The van der Waals surface area contributed by atoms with Crippen molar-refractivity contribution >= 4 is 15.9 Å². The minimum Gasteiger partial charge on any atom is -0.493 e. The summed E-state index contributed by atoms with van der Waals surface area (Å²) in [7, 11) is -2.37. The van der Waals surface area contributed by atoms with Crippen molar-refractivity contribution in [2.24, 2.45) is 0 Å². The molecule has 1 amide bonds. The number of carbonyl (C=O) groups is 1. The minimum atomic E-state index is -3.66. The second-order valence-corrected chi connectivity index (χ2v) is 9.12. The summed E-state index contributed by atoms with van der Waals surface area (Å²) in [5.41, 5.74) is 2.14. The van der Waals surface area contributed by atoms with Gasteiger partial charge in [0.05, 0.1) is 12.0 Å². The van der Waals surface area contributed by atoms with Crippen molar-refractivity contribution in [3.8, 4) is 11.5 Å². The Hall–Kier alpha value is -2.72. The lowest BCUT2D eigenvalue weighted by atomic mass is 10.1. The predicted molar refractivity (Wildman–Crippen MR) is 110 cm³/mol. The maximum atomic E-state index is 12.9. The van der Waals surface area contributed by atoms with Gasteiger partial charge in [-0.1, -0.05) is 6.07 Å². The third kappa shape index (κ3) is 4.96. The zero-order chi connectivity index (χ0) is 22.8. The van der Waals surface area contributed by atoms with Gasteiger partial charge in [-0.15, -0.1) is 0 Å². The molecule has 10 heteroatoms. The van der Waals surface area contributed by atoms with E-state index in [4.69, 9.17) is 4.74 Å². The maximum Gasteiger partial charge on any atom is 0.387 e. The number of hydrogen-bond donors (Lipinski definition) is 0. The molecule has 1 saturated heterocycles. The summed E-state index contributed by atoms with van der Waals surface area (Å²) < 4.78 is 61.6. The van der Waals surface area contributed by atoms with Crippen molar-refractivity contribution in [3.63, 3.8) is 0 Å². The van der Waals surface area contributed by atoms with Gasteiger partial charge in [0.15, 0.2) is 11.5 Å². The van der Waals surface area contributed by atoms with Crippen LogP contribution in [0.15, 0.2) is 41.3 Å². The molecule has 2 aromatic carbocycles. The topological polar surface area (TPSA) is 76.2 Å². The molecule has 31 heavy (non-hydrogen) atoms. The van der Waals surface area contributed by atoms with Gasteiger partial charge in [0.1, 0.15) is 0 Å². The highest BCUT2D eigenvalue weighted by Crippen LogP contribution is 2.30. The summed E-state index contributed by atoms with van der Waals surface area (Å²) in [6.07, 6.45) is 0. The number of piperazine rings is 1. The highest BCUT2D eigenvalue weighted by molar-refractivity contribution is 7.89. The van der Waals surface area contributed by atoms with Crippen LogP contribution in [0, 0.1) is 13.8 Å². The summed E-state index contributed by atoms with van der Waals surface area (Å²) >= 11 is 0. The van der Waals surface area contributed by atoms with Crippen molar-refractivity contribution in [3.05, 3.63) is 53.1 Å². The van der Waals surface area contributed by atoms with Crippen molar-refractivity contribution in [1.82, 2.24) is 9.21 Å². The van der Waals surface area contributed by atoms with E-state index in [2.05, 4.69) is 4.74 Å². The molecule has 0 atom stereocenters. The van der Waals surface area contributed by atoms with Crippen LogP contribution in [-0.4, -0.2) is 63.4 Å². The molecule has 2 aromatic rings. The Morgan fingerprint density at radius 2 is 1.65 bits per heavy atom.